The van der Waals surface area contributed by atoms with Crippen molar-refractivity contribution in [1.29, 1.82) is 0 Å². The number of halogens is 1. The minimum absolute atomic E-state index is 0.123. The molecule has 3 aromatic rings. The van der Waals surface area contributed by atoms with E-state index in [4.69, 9.17) is 11.6 Å². The molecule has 0 aliphatic rings. The minimum atomic E-state index is -0.729. The highest BCUT2D eigenvalue weighted by molar-refractivity contribution is 7.18. The Morgan fingerprint density at radius 1 is 1.07 bits per heavy atom. The van der Waals surface area contributed by atoms with Crippen molar-refractivity contribution < 1.29 is 9.59 Å². The van der Waals surface area contributed by atoms with Gasteiger partial charge in [-0.2, -0.15) is 0 Å². The molecular formula is C21H21ClN4O2S. The van der Waals surface area contributed by atoms with Crippen LogP contribution in [-0.4, -0.2) is 28.1 Å². The van der Waals surface area contributed by atoms with E-state index in [0.29, 0.717) is 20.7 Å². The van der Waals surface area contributed by atoms with Crippen LogP contribution in [0.1, 0.15) is 29.8 Å². The van der Waals surface area contributed by atoms with Gasteiger partial charge >= 0.3 is 0 Å². The third-order valence-corrected chi connectivity index (χ3v) is 5.37. The van der Waals surface area contributed by atoms with Crippen molar-refractivity contribution in [2.75, 3.05) is 5.32 Å². The zero-order valence-electron chi connectivity index (χ0n) is 16.3. The number of nitrogens with zero attached hydrogens (tertiary/aromatic N) is 2. The Kier molecular flexibility index (Phi) is 6.61. The van der Waals surface area contributed by atoms with Crippen LogP contribution in [0.25, 0.3) is 10.6 Å². The molecule has 2 amide bonds. The number of rotatable bonds is 6. The van der Waals surface area contributed by atoms with Gasteiger partial charge in [0.2, 0.25) is 11.0 Å². The zero-order valence-corrected chi connectivity index (χ0v) is 17.8. The smallest absolute Gasteiger partial charge is 0.251 e. The maximum Gasteiger partial charge on any atom is 0.251 e. The molecule has 0 radical (unpaired) electrons. The number of aryl methyl sites for hydroxylation is 1. The van der Waals surface area contributed by atoms with Crippen molar-refractivity contribution in [3.8, 4) is 10.6 Å². The summed E-state index contributed by atoms with van der Waals surface area (Å²) in [4.78, 5) is 25.3. The standard InChI is InChI=1S/C21H21ClN4O2S/c1-12(2)17(23-18(27)14-7-5-9-16(22)11-14)19(28)24-21-26-25-20(29-21)15-8-4-6-13(3)10-15/h4-12,17H,1-3H3,(H,23,27)(H,24,26,28). The number of carbonyl (C=O) groups excluding carboxylic acids is 2. The second kappa shape index (κ2) is 9.15. The zero-order chi connectivity index (χ0) is 21.0. The van der Waals surface area contributed by atoms with E-state index >= 15 is 0 Å². The molecule has 150 valence electrons. The molecule has 0 aliphatic carbocycles. The molecule has 0 spiro atoms. The molecule has 0 saturated carbocycles. The Balaban J connectivity index is 1.71. The van der Waals surface area contributed by atoms with Crippen LogP contribution in [0.15, 0.2) is 48.5 Å². The third-order valence-electron chi connectivity index (χ3n) is 4.24. The van der Waals surface area contributed by atoms with Crippen LogP contribution in [0.3, 0.4) is 0 Å². The van der Waals surface area contributed by atoms with E-state index in [0.717, 1.165) is 11.1 Å². The van der Waals surface area contributed by atoms with Crippen molar-refractivity contribution in [3.63, 3.8) is 0 Å². The Hall–Kier alpha value is -2.77. The first kappa shape index (κ1) is 21.0. The summed E-state index contributed by atoms with van der Waals surface area (Å²) >= 11 is 7.23. The lowest BCUT2D eigenvalue weighted by Gasteiger charge is -2.21. The maximum absolute atomic E-state index is 12.8. The highest BCUT2D eigenvalue weighted by atomic mass is 35.5. The number of aromatic nitrogens is 2. The van der Waals surface area contributed by atoms with Gasteiger partial charge in [-0.3, -0.25) is 14.9 Å². The van der Waals surface area contributed by atoms with Crippen molar-refractivity contribution in [1.82, 2.24) is 15.5 Å². The number of amides is 2. The van der Waals surface area contributed by atoms with E-state index in [2.05, 4.69) is 20.8 Å². The van der Waals surface area contributed by atoms with Crippen LogP contribution in [0.2, 0.25) is 5.02 Å². The molecule has 6 nitrogen and oxygen atoms in total. The quantitative estimate of drug-likeness (QED) is 0.602. The summed E-state index contributed by atoms with van der Waals surface area (Å²) in [6.07, 6.45) is 0. The highest BCUT2D eigenvalue weighted by Gasteiger charge is 2.26. The van der Waals surface area contributed by atoms with Crippen molar-refractivity contribution in [2.24, 2.45) is 5.92 Å². The van der Waals surface area contributed by atoms with E-state index in [-0.39, 0.29) is 17.7 Å². The first-order valence-corrected chi connectivity index (χ1v) is 10.3. The number of hydrogen-bond acceptors (Lipinski definition) is 5. The molecule has 0 aliphatic heterocycles. The molecule has 29 heavy (non-hydrogen) atoms. The average molecular weight is 429 g/mol. The summed E-state index contributed by atoms with van der Waals surface area (Å²) in [6.45, 7) is 5.73. The summed E-state index contributed by atoms with van der Waals surface area (Å²) in [6, 6.07) is 13.8. The molecule has 0 fully saturated rings. The number of hydrogen-bond donors (Lipinski definition) is 2. The molecular weight excluding hydrogens is 408 g/mol. The van der Waals surface area contributed by atoms with Gasteiger partial charge < -0.3 is 5.32 Å². The highest BCUT2D eigenvalue weighted by Crippen LogP contribution is 2.27. The van der Waals surface area contributed by atoms with Crippen molar-refractivity contribution in [3.05, 3.63) is 64.7 Å². The Morgan fingerprint density at radius 2 is 1.83 bits per heavy atom. The molecule has 0 bridgehead atoms. The molecule has 8 heteroatoms. The molecule has 3 rings (SSSR count). The summed E-state index contributed by atoms with van der Waals surface area (Å²) < 4.78 is 0. The fourth-order valence-electron chi connectivity index (χ4n) is 2.74. The molecule has 2 N–H and O–H groups in total. The Morgan fingerprint density at radius 3 is 2.52 bits per heavy atom. The van der Waals surface area contributed by atoms with Crippen LogP contribution in [0, 0.1) is 12.8 Å². The normalized spacial score (nSPS) is 11.9. The molecule has 1 atom stereocenters. The average Bonchev–Trinajstić information content (AvgIpc) is 3.14. The lowest BCUT2D eigenvalue weighted by molar-refractivity contribution is -0.118. The molecule has 2 aromatic carbocycles. The number of nitrogens with one attached hydrogen (secondary N) is 2. The fourth-order valence-corrected chi connectivity index (χ4v) is 3.67. The Labute approximate surface area is 178 Å². The summed E-state index contributed by atoms with van der Waals surface area (Å²) in [7, 11) is 0. The van der Waals surface area contributed by atoms with Gasteiger partial charge in [0.05, 0.1) is 0 Å². The number of benzene rings is 2. The van der Waals surface area contributed by atoms with E-state index in [1.54, 1.807) is 24.3 Å². The van der Waals surface area contributed by atoms with Gasteiger partial charge in [0.15, 0.2) is 0 Å². The van der Waals surface area contributed by atoms with Crippen molar-refractivity contribution >= 4 is 39.9 Å². The SMILES string of the molecule is Cc1cccc(-c2nnc(NC(=O)C(NC(=O)c3cccc(Cl)c3)C(C)C)s2)c1. The fraction of sp³-hybridized carbons (Fsp3) is 0.238. The minimum Gasteiger partial charge on any atom is -0.340 e. The van der Waals surface area contributed by atoms with Crippen LogP contribution < -0.4 is 10.6 Å². The second-order valence-electron chi connectivity index (χ2n) is 6.98. The van der Waals surface area contributed by atoms with Crippen molar-refractivity contribution in [2.45, 2.75) is 26.8 Å². The largest absolute Gasteiger partial charge is 0.340 e. The van der Waals surface area contributed by atoms with Crippen LogP contribution in [0.5, 0.6) is 0 Å². The van der Waals surface area contributed by atoms with E-state index < -0.39 is 6.04 Å². The van der Waals surface area contributed by atoms with Gasteiger partial charge in [-0.15, -0.1) is 10.2 Å². The van der Waals surface area contributed by atoms with E-state index in [1.165, 1.54) is 11.3 Å². The van der Waals surface area contributed by atoms with Crippen LogP contribution in [-0.2, 0) is 4.79 Å². The van der Waals surface area contributed by atoms with Crippen LogP contribution in [0.4, 0.5) is 5.13 Å². The van der Waals surface area contributed by atoms with Gasteiger partial charge in [-0.1, -0.05) is 66.6 Å². The predicted molar refractivity (Wildman–Crippen MR) is 116 cm³/mol. The number of carbonyl (C=O) groups is 2. The lowest BCUT2D eigenvalue weighted by atomic mass is 10.0. The van der Waals surface area contributed by atoms with Gasteiger partial charge in [-0.05, 0) is 37.1 Å². The number of anilines is 1. The third kappa shape index (κ3) is 5.40. The van der Waals surface area contributed by atoms with Gasteiger partial charge in [0, 0.05) is 16.1 Å². The van der Waals surface area contributed by atoms with Gasteiger partial charge in [0.1, 0.15) is 11.0 Å². The van der Waals surface area contributed by atoms with E-state index in [9.17, 15) is 9.59 Å². The Bertz CT molecular complexity index is 1030. The predicted octanol–water partition coefficient (Wildman–Crippen LogP) is 4.56. The van der Waals surface area contributed by atoms with Gasteiger partial charge in [-0.25, -0.2) is 0 Å². The first-order chi connectivity index (χ1) is 13.8. The summed E-state index contributed by atoms with van der Waals surface area (Å²) in [5.74, 6) is -0.830. The molecule has 1 heterocycles. The topological polar surface area (TPSA) is 84.0 Å². The summed E-state index contributed by atoms with van der Waals surface area (Å²) in [5, 5.41) is 15.3. The monoisotopic (exact) mass is 428 g/mol. The maximum atomic E-state index is 12.8. The van der Waals surface area contributed by atoms with Gasteiger partial charge in [0.25, 0.3) is 5.91 Å². The lowest BCUT2D eigenvalue weighted by Crippen LogP contribution is -2.47. The van der Waals surface area contributed by atoms with Crippen LogP contribution >= 0.6 is 22.9 Å². The first-order valence-electron chi connectivity index (χ1n) is 9.11. The molecule has 1 unspecified atom stereocenters. The molecule has 1 aromatic heterocycles. The van der Waals surface area contributed by atoms with E-state index in [1.807, 2.05) is 45.0 Å². The summed E-state index contributed by atoms with van der Waals surface area (Å²) in [5.41, 5.74) is 2.46. The second-order valence-corrected chi connectivity index (χ2v) is 8.39. The molecule has 0 saturated heterocycles.